The molecule has 0 saturated heterocycles. The van der Waals surface area contributed by atoms with Crippen LogP contribution >= 0.6 is 0 Å². The van der Waals surface area contributed by atoms with E-state index in [1.165, 1.54) is 12.1 Å². The normalized spacial score (nSPS) is 11.4. The third-order valence-electron chi connectivity index (χ3n) is 7.68. The molecule has 0 aliphatic carbocycles. The van der Waals surface area contributed by atoms with Crippen LogP contribution in [0.1, 0.15) is 69.6 Å². The number of nitrogens with zero attached hydrogens (tertiary/aromatic N) is 5. The molecule has 18 heteroatoms. The first-order valence-electron chi connectivity index (χ1n) is 17.1. The van der Waals surface area contributed by atoms with Crippen molar-refractivity contribution in [3.8, 4) is 16.9 Å². The second-order valence-electron chi connectivity index (χ2n) is 12.1. The first kappa shape index (κ1) is 43.9. The molecule has 0 bridgehead atoms. The average molecular weight is 754 g/mol. The van der Waals surface area contributed by atoms with Crippen LogP contribution in [0.5, 0.6) is 5.75 Å². The molecule has 54 heavy (non-hydrogen) atoms. The summed E-state index contributed by atoms with van der Waals surface area (Å²) in [6.07, 6.45) is 2.59. The number of amidine groups is 1. The van der Waals surface area contributed by atoms with Crippen molar-refractivity contribution in [1.29, 1.82) is 0 Å². The number of carbonyl (C=O) groups excluding carboxylic acids is 3. The highest BCUT2D eigenvalue weighted by Crippen LogP contribution is 2.25. The van der Waals surface area contributed by atoms with Gasteiger partial charge in [0.2, 0.25) is 5.91 Å². The molecule has 0 saturated carbocycles. The van der Waals surface area contributed by atoms with E-state index in [0.717, 1.165) is 35.8 Å². The van der Waals surface area contributed by atoms with Crippen LogP contribution in [-0.4, -0.2) is 68.7 Å². The Morgan fingerprint density at radius 1 is 0.926 bits per heavy atom. The Bertz CT molecular complexity index is 1700. The Balaban J connectivity index is 0.000000709. The minimum Gasteiger partial charge on any atom is -0.508 e. The number of hydrogen-bond acceptors (Lipinski definition) is 13. The zero-order chi connectivity index (χ0) is 40.0. The summed E-state index contributed by atoms with van der Waals surface area (Å²) in [6, 6.07) is 20.3. The van der Waals surface area contributed by atoms with Crippen molar-refractivity contribution in [2.45, 2.75) is 72.1 Å². The van der Waals surface area contributed by atoms with Gasteiger partial charge in [0.05, 0.1) is 19.3 Å². The summed E-state index contributed by atoms with van der Waals surface area (Å²) in [5, 5.41) is 31.6. The third-order valence-corrected chi connectivity index (χ3v) is 7.68. The van der Waals surface area contributed by atoms with Crippen molar-refractivity contribution in [3.63, 3.8) is 0 Å². The van der Waals surface area contributed by atoms with Crippen molar-refractivity contribution >= 4 is 24.1 Å². The monoisotopic (exact) mass is 753 g/mol. The molecule has 2 amide bonds. The average Bonchev–Trinajstić information content (AvgIpc) is 3.14. The summed E-state index contributed by atoms with van der Waals surface area (Å²) >= 11 is 0. The zero-order valence-electron chi connectivity index (χ0n) is 30.4. The molecule has 3 rings (SSSR count). The molecule has 0 fully saturated rings. The van der Waals surface area contributed by atoms with Gasteiger partial charge < -0.3 is 34.9 Å². The number of amides is 2. The van der Waals surface area contributed by atoms with E-state index in [1.54, 1.807) is 29.2 Å². The largest absolute Gasteiger partial charge is 0.508 e. The molecular formula is C36H47N7O11. The molecule has 0 radical (unpaired) electrons. The van der Waals surface area contributed by atoms with Crippen LogP contribution < -0.4 is 11.6 Å². The van der Waals surface area contributed by atoms with E-state index in [2.05, 4.69) is 14.8 Å². The zero-order valence-corrected chi connectivity index (χ0v) is 30.4. The Labute approximate surface area is 312 Å². The maximum absolute atomic E-state index is 12.9. The van der Waals surface area contributed by atoms with Gasteiger partial charge >= 0.3 is 6.09 Å². The van der Waals surface area contributed by atoms with E-state index in [0.29, 0.717) is 42.1 Å². The van der Waals surface area contributed by atoms with Gasteiger partial charge in [0.25, 0.3) is 10.2 Å². The fourth-order valence-corrected chi connectivity index (χ4v) is 4.92. The number of benzene rings is 3. The molecule has 1 atom stereocenters. The molecule has 3 aromatic carbocycles. The van der Waals surface area contributed by atoms with Crippen LogP contribution in [0.4, 0.5) is 4.79 Å². The maximum atomic E-state index is 12.9. The van der Waals surface area contributed by atoms with Gasteiger partial charge in [-0.1, -0.05) is 87.9 Å². The molecule has 0 spiro atoms. The predicted molar refractivity (Wildman–Crippen MR) is 197 cm³/mol. The van der Waals surface area contributed by atoms with Crippen molar-refractivity contribution in [2.24, 2.45) is 22.6 Å². The number of phenols is 1. The van der Waals surface area contributed by atoms with E-state index in [-0.39, 0.29) is 43.2 Å². The van der Waals surface area contributed by atoms with Crippen molar-refractivity contribution in [2.75, 3.05) is 13.2 Å². The topological polar surface area (TPSA) is 256 Å². The van der Waals surface area contributed by atoms with Crippen LogP contribution in [-0.2, 0) is 37.2 Å². The number of ether oxygens (including phenoxy) is 1. The van der Waals surface area contributed by atoms with Gasteiger partial charge in [-0.3, -0.25) is 4.79 Å². The molecule has 18 nitrogen and oxygen atoms in total. The third kappa shape index (κ3) is 15.5. The number of aldehydes is 1. The lowest BCUT2D eigenvalue weighted by Crippen LogP contribution is -2.43. The van der Waals surface area contributed by atoms with Crippen LogP contribution in [0.25, 0.3) is 11.1 Å². The quantitative estimate of drug-likeness (QED) is 0.0198. The Kier molecular flexibility index (Phi) is 18.9. The van der Waals surface area contributed by atoms with Crippen LogP contribution in [0.3, 0.4) is 0 Å². The Hall–Kier alpha value is -6.30. The Morgan fingerprint density at radius 2 is 1.59 bits per heavy atom. The molecule has 5 N–H and O–H groups in total. The minimum absolute atomic E-state index is 0.0174. The van der Waals surface area contributed by atoms with Gasteiger partial charge in [0.15, 0.2) is 5.84 Å². The van der Waals surface area contributed by atoms with Gasteiger partial charge in [-0.25, -0.2) is 10.6 Å². The molecule has 1 unspecified atom stereocenters. The van der Waals surface area contributed by atoms with E-state index < -0.39 is 22.3 Å². The minimum atomic E-state index is -0.942. The SMILES string of the molecule is CCCCC(=O)N(Cc1ccc(-c2ccccc2/C(N)=N/N(N)C(=O)OCCCCO[N+](=O)[O-])cc1)C(C=O)C(C)C.O=[N+]([O-])OCc1cccc(O)c1. The lowest BCUT2D eigenvalue weighted by molar-refractivity contribution is -0.763. The molecular weight excluding hydrogens is 706 g/mol. The van der Waals surface area contributed by atoms with Gasteiger partial charge in [-0.15, -0.1) is 30.4 Å². The summed E-state index contributed by atoms with van der Waals surface area (Å²) in [7, 11) is 0. The summed E-state index contributed by atoms with van der Waals surface area (Å²) in [4.78, 5) is 66.8. The number of hydrazine groups is 1. The fraction of sp³-hybridized carbons (Fsp3) is 0.389. The number of carbonyl (C=O) groups is 3. The molecule has 292 valence electrons. The first-order chi connectivity index (χ1) is 25.8. The van der Waals surface area contributed by atoms with E-state index in [4.69, 9.17) is 21.4 Å². The van der Waals surface area contributed by atoms with Crippen molar-refractivity contribution in [3.05, 3.63) is 110 Å². The second kappa shape index (κ2) is 23.3. The van der Waals surface area contributed by atoms with E-state index in [1.807, 2.05) is 57.2 Å². The van der Waals surface area contributed by atoms with Gasteiger partial charge in [-0.2, -0.15) is 0 Å². The highest BCUT2D eigenvalue weighted by molar-refractivity contribution is 6.03. The predicted octanol–water partition coefficient (Wildman–Crippen LogP) is 5.12. The van der Waals surface area contributed by atoms with E-state index in [9.17, 15) is 34.6 Å². The van der Waals surface area contributed by atoms with E-state index >= 15 is 0 Å². The van der Waals surface area contributed by atoms with Crippen LogP contribution in [0, 0.1) is 26.1 Å². The fourth-order valence-electron chi connectivity index (χ4n) is 4.92. The van der Waals surface area contributed by atoms with Crippen LogP contribution in [0.2, 0.25) is 0 Å². The molecule has 0 aromatic heterocycles. The highest BCUT2D eigenvalue weighted by atomic mass is 17.0. The van der Waals surface area contributed by atoms with Crippen molar-refractivity contribution < 1.29 is 44.1 Å². The summed E-state index contributed by atoms with van der Waals surface area (Å²) in [5.41, 5.74) is 9.72. The van der Waals surface area contributed by atoms with Gasteiger partial charge in [0, 0.05) is 18.5 Å². The smallest absolute Gasteiger partial charge is 0.445 e. The summed E-state index contributed by atoms with van der Waals surface area (Å²) in [6.45, 7) is 5.90. The summed E-state index contributed by atoms with van der Waals surface area (Å²) < 4.78 is 5.01. The molecule has 3 aromatic rings. The highest BCUT2D eigenvalue weighted by Gasteiger charge is 2.26. The maximum Gasteiger partial charge on any atom is 0.445 e. The van der Waals surface area contributed by atoms with Gasteiger partial charge in [-0.05, 0) is 59.6 Å². The number of unbranched alkanes of at least 4 members (excludes halogenated alkanes) is 2. The number of hydrogen-bond donors (Lipinski definition) is 3. The summed E-state index contributed by atoms with van der Waals surface area (Å²) in [5.74, 6) is 5.71. The molecule has 0 aliphatic heterocycles. The Morgan fingerprint density at radius 3 is 2.20 bits per heavy atom. The number of rotatable bonds is 20. The second-order valence-corrected chi connectivity index (χ2v) is 12.1. The molecule has 0 heterocycles. The lowest BCUT2D eigenvalue weighted by Gasteiger charge is -2.31. The number of nitrogens with two attached hydrogens (primary N) is 2. The molecule has 0 aliphatic rings. The lowest BCUT2D eigenvalue weighted by atomic mass is 9.97. The number of aromatic hydroxyl groups is 1. The van der Waals surface area contributed by atoms with Gasteiger partial charge in [0.1, 0.15) is 18.6 Å². The standard InChI is InChI=1S/C29H40N6O7.C7H7NO4/c1-4-5-12-27(37)33(26(20-36)21(2)3)19-22-13-15-23(16-14-22)24-10-6-7-11-25(24)28(30)32-34(31)29(38)41-17-8-9-18-42-35(39)40;9-7-3-1-2-6(4-7)5-12-8(10)11/h6-7,10-11,13-16,20-21,26H,4-5,8-9,12,17-19,31H2,1-3H3,(H2,30,32);1-4,9H,5H2. The number of hydrazone groups is 1. The number of phenolic OH excluding ortho intramolecular Hbond substituents is 1. The first-order valence-corrected chi connectivity index (χ1v) is 17.1. The van der Waals surface area contributed by atoms with Crippen LogP contribution in [0.15, 0.2) is 77.9 Å². The van der Waals surface area contributed by atoms with Crippen molar-refractivity contribution in [1.82, 2.24) is 10.0 Å².